The van der Waals surface area contributed by atoms with Crippen molar-refractivity contribution in [2.24, 2.45) is 0 Å². The van der Waals surface area contributed by atoms with Crippen LogP contribution >= 0.6 is 0 Å². The van der Waals surface area contributed by atoms with Crippen molar-refractivity contribution in [1.29, 1.82) is 0 Å². The van der Waals surface area contributed by atoms with Gasteiger partial charge in [0.05, 0.1) is 19.8 Å². The maximum Gasteiger partial charge on any atom is 0.768 e. The van der Waals surface area contributed by atoms with Crippen LogP contribution in [0.3, 0.4) is 0 Å². The Morgan fingerprint density at radius 1 is 1.04 bits per heavy atom. The normalized spacial score (nSPS) is 12.4. The van der Waals surface area contributed by atoms with Gasteiger partial charge in [-0.15, -0.1) is 6.61 Å². The van der Waals surface area contributed by atoms with Crippen LogP contribution in [0.2, 0.25) is 5.16 Å². The molecular weight excluding hydrogens is 372 g/mol. The van der Waals surface area contributed by atoms with Crippen molar-refractivity contribution in [3.8, 4) is 0 Å². The van der Waals surface area contributed by atoms with Crippen molar-refractivity contribution >= 4 is 40.0 Å². The maximum absolute atomic E-state index is 9.40. The first-order chi connectivity index (χ1) is 11.1. The van der Waals surface area contributed by atoms with E-state index >= 15 is 0 Å². The molecule has 0 aromatic carbocycles. The summed E-state index contributed by atoms with van der Waals surface area (Å²) < 4.78 is 27.6. The lowest BCUT2D eigenvalue weighted by molar-refractivity contribution is -0.373. The van der Waals surface area contributed by atoms with E-state index in [9.17, 15) is 5.11 Å². The van der Waals surface area contributed by atoms with Gasteiger partial charge in [-0.1, -0.05) is 6.92 Å². The quantitative estimate of drug-likeness (QED) is 0.115. The summed E-state index contributed by atoms with van der Waals surface area (Å²) in [5, 5.41) is 9.54. The Kier molecular flexibility index (Phi) is 23.1. The minimum Gasteiger partial charge on any atom is -0.853 e. The van der Waals surface area contributed by atoms with Gasteiger partial charge in [-0.05, 0) is 0 Å². The van der Waals surface area contributed by atoms with E-state index in [1.54, 1.807) is 14.2 Å². The van der Waals surface area contributed by atoms with Gasteiger partial charge in [0.15, 0.2) is 0 Å². The molecule has 0 amide bonds. The minimum absolute atomic E-state index is 0.0636. The lowest BCUT2D eigenvalue weighted by Crippen LogP contribution is -2.42. The molecule has 1 unspecified atom stereocenters. The Hall–Kier alpha value is 0.548. The molecule has 0 aliphatic rings. The molecule has 0 N–H and O–H groups in total. The fourth-order valence-corrected chi connectivity index (χ4v) is 4.94. The third kappa shape index (κ3) is 17.2. The zero-order chi connectivity index (χ0) is 17.9. The first kappa shape index (κ1) is 25.8. The molecular formula is C11H25O8Si4. The molecule has 0 rings (SSSR count). The number of ether oxygens (including phenoxy) is 3. The predicted octanol–water partition coefficient (Wildman–Crippen LogP) is -1.59. The lowest BCUT2D eigenvalue weighted by atomic mass is 10.8. The van der Waals surface area contributed by atoms with Gasteiger partial charge < -0.3 is 31.8 Å². The van der Waals surface area contributed by atoms with Crippen LogP contribution in [0.1, 0.15) is 6.92 Å². The smallest absolute Gasteiger partial charge is 0.768 e. The Balaban J connectivity index is 0. The molecule has 23 heavy (non-hydrogen) atoms. The summed E-state index contributed by atoms with van der Waals surface area (Å²) >= 11 is 0. The standard InChI is InChI=1S/C8H18O6Si4.C3H7O2/c1-8(15)18(12-7-5-10-3)14(17-13-16)11-6-4-9-2;1-5-3-2-4/h8H,4-7H2,1-3H3;2-3H2,1H3/q+1;-1. The molecule has 1 atom stereocenters. The van der Waals surface area contributed by atoms with Crippen LogP contribution in [0.4, 0.5) is 0 Å². The number of rotatable bonds is 14. The lowest BCUT2D eigenvalue weighted by Gasteiger charge is -2.22. The average Bonchev–Trinajstić information content (AvgIpc) is 2.52. The molecule has 0 saturated carbocycles. The second-order valence-electron chi connectivity index (χ2n) is 3.85. The molecule has 0 saturated heterocycles. The Morgan fingerprint density at radius 3 is 2.00 bits per heavy atom. The highest BCUT2D eigenvalue weighted by molar-refractivity contribution is 6.61. The van der Waals surface area contributed by atoms with Gasteiger partial charge in [-0.3, -0.25) is 0 Å². The zero-order valence-corrected chi connectivity index (χ0v) is 18.1. The summed E-state index contributed by atoms with van der Waals surface area (Å²) in [5.74, 6) is 0. The largest absolute Gasteiger partial charge is 0.853 e. The molecule has 0 bridgehead atoms. The van der Waals surface area contributed by atoms with Crippen molar-refractivity contribution in [3.05, 3.63) is 0 Å². The molecule has 0 aliphatic carbocycles. The minimum atomic E-state index is -1.45. The van der Waals surface area contributed by atoms with E-state index in [4.69, 9.17) is 22.9 Å². The van der Waals surface area contributed by atoms with Gasteiger partial charge in [-0.25, -0.2) is 0 Å². The Labute approximate surface area is 150 Å². The van der Waals surface area contributed by atoms with Gasteiger partial charge in [0.1, 0.15) is 6.61 Å². The van der Waals surface area contributed by atoms with Crippen LogP contribution in [0.25, 0.3) is 0 Å². The molecule has 0 fully saturated rings. The predicted molar refractivity (Wildman–Crippen MR) is 87.0 cm³/mol. The van der Waals surface area contributed by atoms with Crippen LogP contribution in [0.15, 0.2) is 0 Å². The first-order valence-electron chi connectivity index (χ1n) is 6.80. The van der Waals surface area contributed by atoms with Crippen LogP contribution in [-0.4, -0.2) is 101 Å². The van der Waals surface area contributed by atoms with Gasteiger partial charge in [0, 0.05) is 43.3 Å². The van der Waals surface area contributed by atoms with Crippen LogP contribution in [0, 0.1) is 0 Å². The summed E-state index contributed by atoms with van der Waals surface area (Å²) in [6.45, 7) is 4.16. The summed E-state index contributed by atoms with van der Waals surface area (Å²) in [7, 11) is 9.78. The third-order valence-electron chi connectivity index (χ3n) is 1.96. The summed E-state index contributed by atoms with van der Waals surface area (Å²) in [6, 6.07) is 0. The molecule has 9 radical (unpaired) electrons. The van der Waals surface area contributed by atoms with Crippen molar-refractivity contribution < 1.29 is 36.6 Å². The summed E-state index contributed by atoms with van der Waals surface area (Å²) in [6.07, 6.45) is 0. The highest BCUT2D eigenvalue weighted by Gasteiger charge is 2.43. The molecule has 0 spiro atoms. The van der Waals surface area contributed by atoms with E-state index in [0.717, 1.165) is 0 Å². The van der Waals surface area contributed by atoms with E-state index in [2.05, 4.69) is 29.4 Å². The van der Waals surface area contributed by atoms with Gasteiger partial charge in [0.25, 0.3) is 0 Å². The van der Waals surface area contributed by atoms with Gasteiger partial charge >= 0.3 is 19.3 Å². The Morgan fingerprint density at radius 2 is 1.61 bits per heavy atom. The number of hydrogen-bond donors (Lipinski definition) is 0. The molecule has 0 aliphatic heterocycles. The molecule has 0 aromatic rings. The van der Waals surface area contributed by atoms with Crippen LogP contribution in [0.5, 0.6) is 0 Å². The fraction of sp³-hybridized carbons (Fsp3) is 1.00. The highest BCUT2D eigenvalue weighted by atomic mass is 28.4. The number of hydrogen-bond acceptors (Lipinski definition) is 7. The van der Waals surface area contributed by atoms with E-state index in [-0.39, 0.29) is 21.8 Å². The second kappa shape index (κ2) is 20.6. The molecule has 0 aromatic heterocycles. The highest BCUT2D eigenvalue weighted by Crippen LogP contribution is 2.14. The van der Waals surface area contributed by atoms with Crippen molar-refractivity contribution in [1.82, 2.24) is 0 Å². The van der Waals surface area contributed by atoms with E-state index in [1.807, 2.05) is 6.92 Å². The molecule has 12 heteroatoms. The average molecular weight is 398 g/mol. The summed E-state index contributed by atoms with van der Waals surface area (Å²) in [5.41, 5.74) is 0. The van der Waals surface area contributed by atoms with E-state index in [1.165, 1.54) is 7.11 Å². The van der Waals surface area contributed by atoms with Gasteiger partial charge in [0.2, 0.25) is 10.5 Å². The van der Waals surface area contributed by atoms with Gasteiger partial charge in [-0.2, -0.15) is 4.89 Å². The Bertz CT molecular complexity index is 226. The second-order valence-corrected chi connectivity index (χ2v) is 9.22. The van der Waals surface area contributed by atoms with Crippen LogP contribution in [-0.2, 0) is 31.5 Å². The van der Waals surface area contributed by atoms with E-state index in [0.29, 0.717) is 33.0 Å². The summed E-state index contributed by atoms with van der Waals surface area (Å²) in [4.78, 5) is 5.51. The van der Waals surface area contributed by atoms with Crippen molar-refractivity contribution in [2.75, 3.05) is 61.0 Å². The number of methoxy groups -OCH3 is 3. The fourth-order valence-electron chi connectivity index (χ4n) is 1.01. The zero-order valence-electron chi connectivity index (χ0n) is 14.1. The maximum atomic E-state index is 9.40. The topological polar surface area (TPSA) is 81.1 Å². The van der Waals surface area contributed by atoms with Crippen molar-refractivity contribution in [3.63, 3.8) is 0 Å². The van der Waals surface area contributed by atoms with Crippen molar-refractivity contribution in [2.45, 2.75) is 12.1 Å². The molecule has 8 nitrogen and oxygen atoms in total. The SMILES string of the molecule is COCCO[O+]([Si]O[Si])[Si](OCCOC)C(C)[Si].COCC[O-]. The monoisotopic (exact) mass is 397 g/mol. The van der Waals surface area contributed by atoms with Crippen LogP contribution < -0.4 is 5.11 Å². The molecule has 133 valence electrons. The van der Waals surface area contributed by atoms with E-state index < -0.39 is 9.28 Å². The molecule has 0 heterocycles. The first-order valence-corrected chi connectivity index (χ1v) is 9.99. The third-order valence-corrected chi connectivity index (χ3v) is 5.80.